The minimum absolute atomic E-state index is 0. The standard InChI is InChI=1S/C8H17.H3O4P.Zn/c1-3-5-7-8-6-4-2;1-5(2,3)4;/h1,3-8H2,2H3;(H3,1,2,3,4);/q-1;;. The first-order valence-electron chi connectivity index (χ1n) is 4.49. The van der Waals surface area contributed by atoms with E-state index in [1.54, 1.807) is 0 Å². The van der Waals surface area contributed by atoms with Crippen LogP contribution in [0.3, 0.4) is 0 Å². The van der Waals surface area contributed by atoms with Crippen molar-refractivity contribution in [3.63, 3.8) is 0 Å². The van der Waals surface area contributed by atoms with E-state index in [4.69, 9.17) is 19.2 Å². The molecule has 0 radical (unpaired) electrons. The largest absolute Gasteiger partial charge is 0.466 e. The number of hydrogen-bond acceptors (Lipinski definition) is 1. The van der Waals surface area contributed by atoms with Gasteiger partial charge in [-0.1, -0.05) is 39.0 Å². The van der Waals surface area contributed by atoms with Gasteiger partial charge in [-0.3, -0.25) is 0 Å². The van der Waals surface area contributed by atoms with Gasteiger partial charge >= 0.3 is 7.82 Å². The molecule has 0 aliphatic heterocycles. The second-order valence-corrected chi connectivity index (χ2v) is 3.81. The van der Waals surface area contributed by atoms with Crippen molar-refractivity contribution in [3.8, 4) is 0 Å². The van der Waals surface area contributed by atoms with Crippen molar-refractivity contribution in [1.82, 2.24) is 0 Å². The molecule has 4 nitrogen and oxygen atoms in total. The summed E-state index contributed by atoms with van der Waals surface area (Å²) in [6, 6.07) is 0. The molecule has 0 amide bonds. The van der Waals surface area contributed by atoms with Crippen LogP contribution in [0.4, 0.5) is 0 Å². The molecule has 0 saturated carbocycles. The quantitative estimate of drug-likeness (QED) is 0.311. The Kier molecular flexibility index (Phi) is 19.8. The Morgan fingerprint density at radius 3 is 1.71 bits per heavy atom. The van der Waals surface area contributed by atoms with Crippen LogP contribution in [0.15, 0.2) is 0 Å². The second kappa shape index (κ2) is 13.7. The molecule has 14 heavy (non-hydrogen) atoms. The summed E-state index contributed by atoms with van der Waals surface area (Å²) < 4.78 is 8.88. The van der Waals surface area contributed by atoms with Gasteiger partial charge in [0, 0.05) is 19.5 Å². The van der Waals surface area contributed by atoms with E-state index in [1.165, 1.54) is 32.1 Å². The predicted octanol–water partition coefficient (Wildman–Crippen LogP) is 2.25. The fourth-order valence-corrected chi connectivity index (χ4v) is 0.780. The Labute approximate surface area is 99.1 Å². The number of hydrogen-bond donors (Lipinski definition) is 3. The monoisotopic (exact) mass is 275 g/mol. The first-order valence-corrected chi connectivity index (χ1v) is 6.05. The zero-order chi connectivity index (χ0) is 10.7. The molecule has 0 aliphatic rings. The number of phosphoric acid groups is 1. The minimum atomic E-state index is -4.64. The van der Waals surface area contributed by atoms with Crippen molar-refractivity contribution in [2.75, 3.05) is 0 Å². The summed E-state index contributed by atoms with van der Waals surface area (Å²) >= 11 is 0. The predicted molar refractivity (Wildman–Crippen MR) is 53.0 cm³/mol. The van der Waals surface area contributed by atoms with Crippen LogP contribution in [-0.4, -0.2) is 14.7 Å². The van der Waals surface area contributed by atoms with E-state index >= 15 is 0 Å². The van der Waals surface area contributed by atoms with Gasteiger partial charge in [-0.15, -0.1) is 0 Å². The first kappa shape index (κ1) is 20.2. The van der Waals surface area contributed by atoms with Gasteiger partial charge in [0.25, 0.3) is 0 Å². The molecule has 0 fully saturated rings. The zero-order valence-electron chi connectivity index (χ0n) is 8.85. The van der Waals surface area contributed by atoms with E-state index in [9.17, 15) is 0 Å². The summed E-state index contributed by atoms with van der Waals surface area (Å²) in [5, 5.41) is 0. The van der Waals surface area contributed by atoms with Crippen molar-refractivity contribution in [1.29, 1.82) is 0 Å². The Bertz CT molecular complexity index is 123. The van der Waals surface area contributed by atoms with Crippen LogP contribution < -0.4 is 0 Å². The fourth-order valence-electron chi connectivity index (χ4n) is 0.780. The van der Waals surface area contributed by atoms with Crippen molar-refractivity contribution in [3.05, 3.63) is 6.92 Å². The Hall–Kier alpha value is 0.733. The molecule has 0 aromatic rings. The van der Waals surface area contributed by atoms with Gasteiger partial charge in [0.05, 0.1) is 0 Å². The molecule has 6 heteroatoms. The first-order chi connectivity index (χ1) is 5.91. The maximum Gasteiger partial charge on any atom is 0.466 e. The molecule has 0 atom stereocenters. The van der Waals surface area contributed by atoms with Crippen LogP contribution in [0.2, 0.25) is 0 Å². The van der Waals surface area contributed by atoms with Crippen LogP contribution in [0.5, 0.6) is 0 Å². The molecule has 0 saturated heterocycles. The Balaban J connectivity index is -0.000000177. The molecule has 0 spiro atoms. The molecule has 0 heterocycles. The van der Waals surface area contributed by atoms with Gasteiger partial charge in [-0.25, -0.2) is 4.57 Å². The smallest absolute Gasteiger partial charge is 0.343 e. The van der Waals surface area contributed by atoms with Crippen molar-refractivity contribution >= 4 is 7.82 Å². The molecule has 0 rings (SSSR count). The average Bonchev–Trinajstić information content (AvgIpc) is 1.95. The normalized spacial score (nSPS) is 9.79. The van der Waals surface area contributed by atoms with Crippen molar-refractivity contribution in [2.45, 2.75) is 45.4 Å². The SMILES string of the molecule is O=P(O)(O)O.[CH2-]CCCCCCC.[Zn]. The molecule has 0 unspecified atom stereocenters. The van der Waals surface area contributed by atoms with E-state index < -0.39 is 7.82 Å². The van der Waals surface area contributed by atoms with E-state index in [2.05, 4.69) is 13.8 Å². The van der Waals surface area contributed by atoms with Crippen LogP contribution >= 0.6 is 7.82 Å². The summed E-state index contributed by atoms with van der Waals surface area (Å²) in [5.41, 5.74) is 0. The molecule has 0 aromatic carbocycles. The van der Waals surface area contributed by atoms with Crippen LogP contribution in [0.1, 0.15) is 45.4 Å². The molecule has 0 aliphatic carbocycles. The van der Waals surface area contributed by atoms with Crippen LogP contribution in [0.25, 0.3) is 0 Å². The summed E-state index contributed by atoms with van der Waals surface area (Å²) in [6.45, 7) is 6.02. The van der Waals surface area contributed by atoms with Gasteiger partial charge in [0.1, 0.15) is 0 Å². The molecular weight excluding hydrogens is 256 g/mol. The maximum absolute atomic E-state index is 8.88. The van der Waals surface area contributed by atoms with Gasteiger partial charge < -0.3 is 21.6 Å². The average molecular weight is 277 g/mol. The van der Waals surface area contributed by atoms with E-state index in [-0.39, 0.29) is 19.5 Å². The van der Waals surface area contributed by atoms with E-state index in [1.807, 2.05) is 0 Å². The van der Waals surface area contributed by atoms with E-state index in [0.717, 1.165) is 6.42 Å². The maximum atomic E-state index is 8.88. The number of rotatable bonds is 5. The Morgan fingerprint density at radius 1 is 1.07 bits per heavy atom. The van der Waals surface area contributed by atoms with Crippen molar-refractivity contribution < 1.29 is 38.7 Å². The fraction of sp³-hybridized carbons (Fsp3) is 0.875. The van der Waals surface area contributed by atoms with Gasteiger partial charge in [-0.05, 0) is 0 Å². The summed E-state index contributed by atoms with van der Waals surface area (Å²) in [7, 11) is -4.64. The second-order valence-electron chi connectivity index (χ2n) is 2.78. The summed E-state index contributed by atoms with van der Waals surface area (Å²) in [4.78, 5) is 21.6. The summed E-state index contributed by atoms with van der Waals surface area (Å²) in [5.74, 6) is 0. The number of unbranched alkanes of at least 4 members (excludes halogenated alkanes) is 5. The third-order valence-electron chi connectivity index (χ3n) is 1.35. The minimum Gasteiger partial charge on any atom is -0.343 e. The molecule has 0 aromatic heterocycles. The van der Waals surface area contributed by atoms with Crippen molar-refractivity contribution in [2.24, 2.45) is 0 Å². The van der Waals surface area contributed by atoms with E-state index in [0.29, 0.717) is 0 Å². The van der Waals surface area contributed by atoms with Crippen LogP contribution in [0, 0.1) is 6.92 Å². The summed E-state index contributed by atoms with van der Waals surface area (Å²) in [6.07, 6.45) is 7.98. The third-order valence-corrected chi connectivity index (χ3v) is 1.35. The third kappa shape index (κ3) is 53.3. The van der Waals surface area contributed by atoms with Gasteiger partial charge in [0.2, 0.25) is 0 Å². The van der Waals surface area contributed by atoms with Crippen LogP contribution in [-0.2, 0) is 24.0 Å². The zero-order valence-corrected chi connectivity index (χ0v) is 12.7. The topological polar surface area (TPSA) is 77.8 Å². The molecule has 3 N–H and O–H groups in total. The van der Waals surface area contributed by atoms with Gasteiger partial charge in [-0.2, -0.15) is 6.42 Å². The molecule has 84 valence electrons. The Morgan fingerprint density at radius 2 is 1.43 bits per heavy atom. The van der Waals surface area contributed by atoms with Gasteiger partial charge in [0.15, 0.2) is 0 Å². The molecular formula is C8H20O4PZn-. The molecule has 0 bridgehead atoms.